The molecule has 2 aliphatic carbocycles. The smallest absolute Gasteiger partial charge is 0.311 e. The molecule has 128 valence electrons. The zero-order valence-corrected chi connectivity index (χ0v) is 15.0. The molecule has 2 heteroatoms. The van der Waals surface area contributed by atoms with E-state index in [4.69, 9.17) is 4.74 Å². The van der Waals surface area contributed by atoms with Gasteiger partial charge in [0.15, 0.2) is 0 Å². The van der Waals surface area contributed by atoms with Crippen molar-refractivity contribution >= 4 is 5.97 Å². The number of esters is 1. The molecule has 0 aliphatic heterocycles. The Morgan fingerprint density at radius 3 is 2.09 bits per heavy atom. The Kier molecular flexibility index (Phi) is 6.77. The average Bonchev–Trinajstić information content (AvgIpc) is 2.54. The molecule has 2 nitrogen and oxygen atoms in total. The monoisotopic (exact) mass is 308 g/mol. The summed E-state index contributed by atoms with van der Waals surface area (Å²) in [4.78, 5) is 12.3. The normalized spacial score (nSPS) is 36.0. The molecule has 0 atom stereocenters. The van der Waals surface area contributed by atoms with Crippen molar-refractivity contribution in [2.24, 2.45) is 23.2 Å². The predicted molar refractivity (Wildman–Crippen MR) is 91.7 cm³/mol. The Balaban J connectivity index is 1.76. The van der Waals surface area contributed by atoms with E-state index in [1.54, 1.807) is 0 Å². The van der Waals surface area contributed by atoms with Crippen molar-refractivity contribution in [2.45, 2.75) is 91.4 Å². The molecule has 2 rings (SSSR count). The number of carbonyl (C=O) groups excluding carboxylic acids is 1. The molecule has 0 heterocycles. The van der Waals surface area contributed by atoms with Crippen molar-refractivity contribution in [2.75, 3.05) is 6.61 Å². The molecule has 0 aromatic heterocycles. The number of hydrogen-bond acceptors (Lipinski definition) is 2. The fraction of sp³-hybridized carbons (Fsp3) is 0.950. The number of hydrogen-bond donors (Lipinski definition) is 0. The lowest BCUT2D eigenvalue weighted by Crippen LogP contribution is -2.36. The van der Waals surface area contributed by atoms with Gasteiger partial charge in [0.05, 0.1) is 12.0 Å². The first kappa shape index (κ1) is 17.8. The number of ether oxygens (including phenoxy) is 1. The van der Waals surface area contributed by atoms with Gasteiger partial charge in [-0.15, -0.1) is 0 Å². The number of rotatable bonds is 6. The highest BCUT2D eigenvalue weighted by atomic mass is 16.5. The lowest BCUT2D eigenvalue weighted by atomic mass is 9.65. The molecule has 0 N–H and O–H groups in total. The van der Waals surface area contributed by atoms with Gasteiger partial charge in [0.25, 0.3) is 0 Å². The van der Waals surface area contributed by atoms with Crippen LogP contribution in [0.15, 0.2) is 0 Å². The van der Waals surface area contributed by atoms with Crippen molar-refractivity contribution in [3.05, 3.63) is 0 Å². The maximum Gasteiger partial charge on any atom is 0.311 e. The van der Waals surface area contributed by atoms with Crippen molar-refractivity contribution < 1.29 is 9.53 Å². The first-order valence-electron chi connectivity index (χ1n) is 9.76. The lowest BCUT2D eigenvalue weighted by molar-refractivity contribution is -0.157. The van der Waals surface area contributed by atoms with Crippen LogP contribution in [0.4, 0.5) is 0 Å². The summed E-state index contributed by atoms with van der Waals surface area (Å²) in [5.41, 5.74) is -0.203. The maximum atomic E-state index is 12.3. The summed E-state index contributed by atoms with van der Waals surface area (Å²) in [5, 5.41) is 0. The van der Waals surface area contributed by atoms with E-state index >= 15 is 0 Å². The van der Waals surface area contributed by atoms with Gasteiger partial charge >= 0.3 is 5.97 Å². The fourth-order valence-corrected chi connectivity index (χ4v) is 4.68. The van der Waals surface area contributed by atoms with Crippen LogP contribution in [0.3, 0.4) is 0 Å². The van der Waals surface area contributed by atoms with E-state index in [0.717, 1.165) is 37.0 Å². The highest BCUT2D eigenvalue weighted by molar-refractivity contribution is 5.76. The van der Waals surface area contributed by atoms with Gasteiger partial charge in [0, 0.05) is 0 Å². The molecular formula is C20H36O2. The van der Waals surface area contributed by atoms with Crippen molar-refractivity contribution in [1.29, 1.82) is 0 Å². The molecule has 0 aromatic carbocycles. The minimum Gasteiger partial charge on any atom is -0.465 e. The Bertz CT molecular complexity index is 334. The Hall–Kier alpha value is -0.530. The molecule has 0 spiro atoms. The molecular weight excluding hydrogens is 272 g/mol. The van der Waals surface area contributed by atoms with Crippen LogP contribution in [-0.2, 0) is 9.53 Å². The van der Waals surface area contributed by atoms with Gasteiger partial charge < -0.3 is 4.74 Å². The van der Waals surface area contributed by atoms with E-state index in [1.807, 2.05) is 0 Å². The topological polar surface area (TPSA) is 26.3 Å². The standard InChI is InChI=1S/C20H36O2/c1-4-6-16-7-9-17(10-8-16)18-11-13-20(3,14-12-18)19(21)22-15-5-2/h16-18H,4-15H2,1-3H3. The molecule has 0 bridgehead atoms. The van der Waals surface area contributed by atoms with Gasteiger partial charge in [-0.1, -0.05) is 39.5 Å². The van der Waals surface area contributed by atoms with Crippen LogP contribution in [0, 0.1) is 23.2 Å². The first-order valence-corrected chi connectivity index (χ1v) is 9.76. The molecule has 22 heavy (non-hydrogen) atoms. The van der Waals surface area contributed by atoms with Gasteiger partial charge in [-0.2, -0.15) is 0 Å². The van der Waals surface area contributed by atoms with Gasteiger partial charge in [0.1, 0.15) is 0 Å². The number of carbonyl (C=O) groups is 1. The van der Waals surface area contributed by atoms with E-state index < -0.39 is 0 Å². The highest BCUT2D eigenvalue weighted by Crippen LogP contribution is 2.46. The van der Waals surface area contributed by atoms with Crippen LogP contribution in [-0.4, -0.2) is 12.6 Å². The van der Waals surface area contributed by atoms with Gasteiger partial charge in [0.2, 0.25) is 0 Å². The molecule has 2 fully saturated rings. The quantitative estimate of drug-likeness (QED) is 0.585. The molecule has 0 aromatic rings. The summed E-state index contributed by atoms with van der Waals surface area (Å²) < 4.78 is 5.42. The second-order valence-corrected chi connectivity index (χ2v) is 8.10. The van der Waals surface area contributed by atoms with E-state index in [2.05, 4.69) is 20.8 Å². The third-order valence-corrected chi connectivity index (χ3v) is 6.32. The lowest BCUT2D eigenvalue weighted by Gasteiger charge is -2.40. The van der Waals surface area contributed by atoms with Crippen molar-refractivity contribution in [3.63, 3.8) is 0 Å². The van der Waals surface area contributed by atoms with E-state index in [1.165, 1.54) is 51.4 Å². The van der Waals surface area contributed by atoms with Crippen LogP contribution in [0.25, 0.3) is 0 Å². The summed E-state index contributed by atoms with van der Waals surface area (Å²) >= 11 is 0. The first-order chi connectivity index (χ1) is 10.6. The van der Waals surface area contributed by atoms with Crippen molar-refractivity contribution in [3.8, 4) is 0 Å². The molecule has 2 aliphatic rings. The maximum absolute atomic E-state index is 12.3. The molecule has 0 saturated heterocycles. The summed E-state index contributed by atoms with van der Waals surface area (Å²) in [5.74, 6) is 2.86. The summed E-state index contributed by atoms with van der Waals surface area (Å²) in [6.45, 7) is 7.08. The largest absolute Gasteiger partial charge is 0.465 e. The van der Waals surface area contributed by atoms with Crippen LogP contribution in [0.5, 0.6) is 0 Å². The van der Waals surface area contributed by atoms with E-state index in [-0.39, 0.29) is 11.4 Å². The summed E-state index contributed by atoms with van der Waals surface area (Å²) in [7, 11) is 0. The minimum atomic E-state index is -0.203. The molecule has 2 saturated carbocycles. The fourth-order valence-electron chi connectivity index (χ4n) is 4.68. The SMILES string of the molecule is CCCOC(=O)C1(C)CCC(C2CCC(CCC)CC2)CC1. The molecule has 0 radical (unpaired) electrons. The third-order valence-electron chi connectivity index (χ3n) is 6.32. The molecule has 0 amide bonds. The second kappa shape index (κ2) is 8.36. The van der Waals surface area contributed by atoms with E-state index in [9.17, 15) is 4.79 Å². The van der Waals surface area contributed by atoms with Gasteiger partial charge in [-0.3, -0.25) is 4.79 Å². The Labute approximate surface area is 137 Å². The van der Waals surface area contributed by atoms with Crippen molar-refractivity contribution in [1.82, 2.24) is 0 Å². The zero-order valence-electron chi connectivity index (χ0n) is 15.0. The Morgan fingerprint density at radius 1 is 0.955 bits per heavy atom. The van der Waals surface area contributed by atoms with Gasteiger partial charge in [-0.25, -0.2) is 0 Å². The molecule has 0 unspecified atom stereocenters. The second-order valence-electron chi connectivity index (χ2n) is 8.10. The van der Waals surface area contributed by atoms with Crippen LogP contribution in [0.2, 0.25) is 0 Å². The Morgan fingerprint density at radius 2 is 1.55 bits per heavy atom. The van der Waals surface area contributed by atoms with Gasteiger partial charge in [-0.05, 0) is 69.6 Å². The van der Waals surface area contributed by atoms with Crippen LogP contribution < -0.4 is 0 Å². The zero-order chi connectivity index (χ0) is 16.0. The highest BCUT2D eigenvalue weighted by Gasteiger charge is 2.41. The van der Waals surface area contributed by atoms with E-state index in [0.29, 0.717) is 6.61 Å². The predicted octanol–water partition coefficient (Wildman–Crippen LogP) is 5.74. The average molecular weight is 309 g/mol. The summed E-state index contributed by atoms with van der Waals surface area (Å²) in [6.07, 6.45) is 14.0. The van der Waals surface area contributed by atoms with Crippen LogP contribution in [0.1, 0.15) is 91.4 Å². The minimum absolute atomic E-state index is 0.0550. The van der Waals surface area contributed by atoms with Crippen LogP contribution >= 0.6 is 0 Å². The third kappa shape index (κ3) is 4.49. The summed E-state index contributed by atoms with van der Waals surface area (Å²) in [6, 6.07) is 0.